The number of benzene rings is 2. The average molecular weight is 509 g/mol. The molecule has 2 aromatic carbocycles. The van der Waals surface area contributed by atoms with Gasteiger partial charge < -0.3 is 5.32 Å². The lowest BCUT2D eigenvalue weighted by atomic mass is 9.96. The van der Waals surface area contributed by atoms with Gasteiger partial charge in [0.25, 0.3) is 5.91 Å². The Balaban J connectivity index is 1.43. The second-order valence-electron chi connectivity index (χ2n) is 9.19. The van der Waals surface area contributed by atoms with E-state index in [1.807, 2.05) is 74.5 Å². The van der Waals surface area contributed by atoms with Crippen LogP contribution in [0, 0.1) is 18.8 Å². The molecule has 6 aromatic rings. The zero-order valence-electron chi connectivity index (χ0n) is 21.5. The molecule has 1 atom stereocenters. The Kier molecular flexibility index (Phi) is 6.28. The zero-order chi connectivity index (χ0) is 26.8. The van der Waals surface area contributed by atoms with Gasteiger partial charge in [-0.2, -0.15) is 5.10 Å². The monoisotopic (exact) mass is 508 g/mol. The maximum absolute atomic E-state index is 13.5. The zero-order valence-corrected chi connectivity index (χ0v) is 21.5. The highest BCUT2D eigenvalue weighted by Crippen LogP contribution is 2.32. The lowest BCUT2D eigenvalue weighted by Crippen LogP contribution is -2.28. The summed E-state index contributed by atoms with van der Waals surface area (Å²) >= 11 is 0. The van der Waals surface area contributed by atoms with E-state index in [2.05, 4.69) is 38.3 Å². The number of amides is 1. The van der Waals surface area contributed by atoms with Gasteiger partial charge in [-0.3, -0.25) is 9.78 Å². The van der Waals surface area contributed by atoms with Gasteiger partial charge in [0, 0.05) is 46.9 Å². The van der Waals surface area contributed by atoms with E-state index in [1.165, 1.54) is 0 Å². The number of nitrogens with zero attached hydrogens (tertiary/aromatic N) is 5. The standard InChI is InChI=1S/C32H24N6O/c1-21-29(31-34-16-7-19-38(31)37-21)32(39)35-22(2)30-27(24-8-4-3-5-9-24)20-26-25(10-6-11-28(26)36-30)13-12-23-14-17-33-18-15-23/h3-11,14-20,22H,1-2H3,(H,35,39)/t22-/m0/s1. The van der Waals surface area contributed by atoms with E-state index >= 15 is 0 Å². The van der Waals surface area contributed by atoms with E-state index in [-0.39, 0.29) is 11.9 Å². The van der Waals surface area contributed by atoms with Gasteiger partial charge in [0.1, 0.15) is 5.56 Å². The number of aryl methyl sites for hydroxylation is 1. The Hall–Kier alpha value is -5.35. The summed E-state index contributed by atoms with van der Waals surface area (Å²) in [7, 11) is 0. The number of pyridine rings is 2. The molecule has 1 amide bonds. The number of nitrogens with one attached hydrogen (secondary N) is 1. The van der Waals surface area contributed by atoms with Crippen LogP contribution in [0.2, 0.25) is 0 Å². The lowest BCUT2D eigenvalue weighted by Gasteiger charge is -2.19. The molecule has 0 spiro atoms. The lowest BCUT2D eigenvalue weighted by molar-refractivity contribution is 0.0940. The molecular weight excluding hydrogens is 484 g/mol. The molecule has 7 nitrogen and oxygen atoms in total. The molecule has 0 aliphatic rings. The van der Waals surface area contributed by atoms with Crippen molar-refractivity contribution in [3.8, 4) is 23.0 Å². The van der Waals surface area contributed by atoms with Gasteiger partial charge in [0.15, 0.2) is 5.65 Å². The first-order valence-corrected chi connectivity index (χ1v) is 12.6. The van der Waals surface area contributed by atoms with E-state index in [0.29, 0.717) is 16.9 Å². The summed E-state index contributed by atoms with van der Waals surface area (Å²) in [6, 6.07) is 23.3. The Bertz CT molecular complexity index is 1880. The molecule has 0 unspecified atom stereocenters. The quantitative estimate of drug-likeness (QED) is 0.316. The van der Waals surface area contributed by atoms with Crippen LogP contribution in [0.3, 0.4) is 0 Å². The van der Waals surface area contributed by atoms with Gasteiger partial charge in [-0.25, -0.2) is 14.5 Å². The third-order valence-electron chi connectivity index (χ3n) is 6.55. The minimum atomic E-state index is -0.387. The van der Waals surface area contributed by atoms with E-state index in [1.54, 1.807) is 35.4 Å². The molecule has 0 bridgehead atoms. The largest absolute Gasteiger partial charge is 0.344 e. The summed E-state index contributed by atoms with van der Waals surface area (Å²) in [5.74, 6) is 6.28. The van der Waals surface area contributed by atoms with Crippen molar-refractivity contribution in [1.82, 2.24) is 29.9 Å². The van der Waals surface area contributed by atoms with E-state index in [9.17, 15) is 4.79 Å². The summed E-state index contributed by atoms with van der Waals surface area (Å²) in [4.78, 5) is 26.9. The number of hydrogen-bond acceptors (Lipinski definition) is 5. The van der Waals surface area contributed by atoms with Crippen LogP contribution >= 0.6 is 0 Å². The summed E-state index contributed by atoms with van der Waals surface area (Å²) in [5.41, 5.74) is 6.88. The minimum absolute atomic E-state index is 0.244. The summed E-state index contributed by atoms with van der Waals surface area (Å²) in [6.07, 6.45) is 6.90. The van der Waals surface area contributed by atoms with Gasteiger partial charge in [0.05, 0.1) is 22.9 Å². The number of carbonyl (C=O) groups is 1. The Morgan fingerprint density at radius 3 is 2.59 bits per heavy atom. The fourth-order valence-corrected chi connectivity index (χ4v) is 4.67. The third kappa shape index (κ3) is 4.72. The fraction of sp³-hybridized carbons (Fsp3) is 0.0938. The van der Waals surface area contributed by atoms with Crippen LogP contribution in [0.25, 0.3) is 27.7 Å². The van der Waals surface area contributed by atoms with Crippen LogP contribution in [0.4, 0.5) is 0 Å². The highest BCUT2D eigenvalue weighted by atomic mass is 16.1. The predicted molar refractivity (Wildman–Crippen MR) is 151 cm³/mol. The molecular formula is C32H24N6O. The first-order valence-electron chi connectivity index (χ1n) is 12.6. The van der Waals surface area contributed by atoms with E-state index in [0.717, 1.165) is 38.9 Å². The molecule has 7 heteroatoms. The highest BCUT2D eigenvalue weighted by molar-refractivity contribution is 6.01. The summed E-state index contributed by atoms with van der Waals surface area (Å²) < 4.78 is 1.62. The van der Waals surface area contributed by atoms with Crippen molar-refractivity contribution in [1.29, 1.82) is 0 Å². The minimum Gasteiger partial charge on any atom is -0.344 e. The molecule has 0 saturated heterocycles. The molecule has 4 aromatic heterocycles. The van der Waals surface area contributed by atoms with Crippen molar-refractivity contribution >= 4 is 22.5 Å². The summed E-state index contributed by atoms with van der Waals surface area (Å²) in [5, 5.41) is 8.52. The highest BCUT2D eigenvalue weighted by Gasteiger charge is 2.23. The molecule has 0 radical (unpaired) electrons. The molecule has 0 fully saturated rings. The first-order chi connectivity index (χ1) is 19.1. The number of carbonyl (C=O) groups excluding carboxylic acids is 1. The molecule has 39 heavy (non-hydrogen) atoms. The van der Waals surface area contributed by atoms with Crippen molar-refractivity contribution in [2.45, 2.75) is 19.9 Å². The fourth-order valence-electron chi connectivity index (χ4n) is 4.67. The Labute approximate surface area is 225 Å². The topological polar surface area (TPSA) is 85.1 Å². The van der Waals surface area contributed by atoms with Crippen LogP contribution in [-0.4, -0.2) is 30.5 Å². The van der Waals surface area contributed by atoms with Crippen molar-refractivity contribution in [2.24, 2.45) is 0 Å². The van der Waals surface area contributed by atoms with Crippen LogP contribution in [0.1, 0.15) is 45.8 Å². The van der Waals surface area contributed by atoms with Crippen molar-refractivity contribution in [3.05, 3.63) is 126 Å². The third-order valence-corrected chi connectivity index (χ3v) is 6.55. The molecule has 4 heterocycles. The smallest absolute Gasteiger partial charge is 0.257 e. The number of rotatable bonds is 4. The van der Waals surface area contributed by atoms with E-state index in [4.69, 9.17) is 4.98 Å². The van der Waals surface area contributed by atoms with Crippen molar-refractivity contribution < 1.29 is 4.79 Å². The molecule has 6 rings (SSSR count). The van der Waals surface area contributed by atoms with Crippen molar-refractivity contribution in [2.75, 3.05) is 0 Å². The Morgan fingerprint density at radius 1 is 0.949 bits per heavy atom. The van der Waals surface area contributed by atoms with Gasteiger partial charge in [-0.05, 0) is 55.8 Å². The van der Waals surface area contributed by atoms with Crippen LogP contribution < -0.4 is 5.32 Å². The molecule has 0 aliphatic heterocycles. The van der Waals surface area contributed by atoms with Crippen LogP contribution in [0.15, 0.2) is 97.6 Å². The Morgan fingerprint density at radius 2 is 1.77 bits per heavy atom. The predicted octanol–water partition coefficient (Wildman–Crippen LogP) is 5.54. The van der Waals surface area contributed by atoms with Crippen LogP contribution in [0.5, 0.6) is 0 Å². The van der Waals surface area contributed by atoms with Crippen LogP contribution in [-0.2, 0) is 0 Å². The number of hydrogen-bond donors (Lipinski definition) is 1. The first kappa shape index (κ1) is 24.0. The second kappa shape index (κ2) is 10.2. The molecule has 0 saturated carbocycles. The van der Waals surface area contributed by atoms with Gasteiger partial charge in [-0.15, -0.1) is 0 Å². The number of aromatic nitrogens is 5. The molecule has 0 aliphatic carbocycles. The molecule has 1 N–H and O–H groups in total. The second-order valence-corrected chi connectivity index (χ2v) is 9.19. The van der Waals surface area contributed by atoms with Gasteiger partial charge in [0.2, 0.25) is 0 Å². The molecule has 188 valence electrons. The maximum Gasteiger partial charge on any atom is 0.257 e. The SMILES string of the molecule is Cc1nn2cccnc2c1C(=O)N[C@@H](C)c1nc2cccc(C#Cc3ccncc3)c2cc1-c1ccccc1. The van der Waals surface area contributed by atoms with Crippen molar-refractivity contribution in [3.63, 3.8) is 0 Å². The average Bonchev–Trinajstić information content (AvgIpc) is 3.32. The number of fused-ring (bicyclic) bond motifs is 2. The van der Waals surface area contributed by atoms with Gasteiger partial charge >= 0.3 is 0 Å². The maximum atomic E-state index is 13.5. The normalized spacial score (nSPS) is 11.6. The van der Waals surface area contributed by atoms with Gasteiger partial charge in [-0.1, -0.05) is 48.2 Å². The van der Waals surface area contributed by atoms with E-state index < -0.39 is 0 Å². The summed E-state index contributed by atoms with van der Waals surface area (Å²) in [6.45, 7) is 3.76.